The molecule has 0 saturated carbocycles. The molecule has 0 radical (unpaired) electrons. The lowest BCUT2D eigenvalue weighted by atomic mass is 9.98. The van der Waals surface area contributed by atoms with Gasteiger partial charge in [0.1, 0.15) is 6.29 Å². The lowest BCUT2D eigenvalue weighted by Crippen LogP contribution is -2.30. The maximum Gasteiger partial charge on any atom is 0.404 e. The monoisotopic (exact) mass is 159 g/mol. The highest BCUT2D eigenvalue weighted by Gasteiger charge is 2.12. The highest BCUT2D eigenvalue weighted by atomic mass is 16.4. The molecule has 0 saturated heterocycles. The first-order chi connectivity index (χ1) is 5.07. The number of hydrogen-bond acceptors (Lipinski definition) is 2. The number of aldehydes is 1. The van der Waals surface area contributed by atoms with Crippen molar-refractivity contribution in [2.75, 3.05) is 6.54 Å². The van der Waals surface area contributed by atoms with E-state index in [1.165, 1.54) is 0 Å². The van der Waals surface area contributed by atoms with Gasteiger partial charge in [0.05, 0.1) is 0 Å². The average Bonchev–Trinajstić information content (AvgIpc) is 1.87. The summed E-state index contributed by atoms with van der Waals surface area (Å²) in [7, 11) is 0. The molecule has 0 unspecified atom stereocenters. The molecule has 0 aromatic heterocycles. The number of carboxylic acid groups (broad SMARTS) is 1. The van der Waals surface area contributed by atoms with Crippen molar-refractivity contribution in [1.82, 2.24) is 5.32 Å². The molecule has 0 aliphatic carbocycles. The summed E-state index contributed by atoms with van der Waals surface area (Å²) in [6.45, 7) is 3.96. The maximum absolute atomic E-state index is 10.3. The third kappa shape index (κ3) is 4.36. The zero-order valence-corrected chi connectivity index (χ0v) is 6.70. The van der Waals surface area contributed by atoms with Crippen LogP contribution in [0.1, 0.15) is 13.8 Å². The van der Waals surface area contributed by atoms with Gasteiger partial charge in [0.25, 0.3) is 0 Å². The summed E-state index contributed by atoms with van der Waals surface area (Å²) in [4.78, 5) is 20.3. The van der Waals surface area contributed by atoms with Crippen LogP contribution in [0.4, 0.5) is 4.79 Å². The lowest BCUT2D eigenvalue weighted by molar-refractivity contribution is -0.112. The second-order valence-electron chi connectivity index (χ2n) is 2.73. The summed E-state index contributed by atoms with van der Waals surface area (Å²) < 4.78 is 0. The summed E-state index contributed by atoms with van der Waals surface area (Å²) in [6.07, 6.45) is -0.307. The Hall–Kier alpha value is -1.06. The SMILES string of the molecule is CC(C)[C@H](C=O)CNC(=O)O. The molecule has 2 N–H and O–H groups in total. The van der Waals surface area contributed by atoms with Gasteiger partial charge in [0, 0.05) is 12.5 Å². The molecular weight excluding hydrogens is 146 g/mol. The molecule has 1 atom stereocenters. The van der Waals surface area contributed by atoms with Gasteiger partial charge < -0.3 is 15.2 Å². The molecule has 64 valence electrons. The molecule has 0 aromatic carbocycles. The Labute approximate surface area is 65.6 Å². The summed E-state index contributed by atoms with van der Waals surface area (Å²) in [5.41, 5.74) is 0. The number of nitrogens with one attached hydrogen (secondary N) is 1. The molecule has 0 rings (SSSR count). The topological polar surface area (TPSA) is 66.4 Å². The van der Waals surface area contributed by atoms with Gasteiger partial charge in [-0.3, -0.25) is 0 Å². The Kier molecular flexibility index (Phi) is 4.26. The van der Waals surface area contributed by atoms with Crippen molar-refractivity contribution in [2.24, 2.45) is 11.8 Å². The predicted molar refractivity (Wildman–Crippen MR) is 40.4 cm³/mol. The summed E-state index contributed by atoms with van der Waals surface area (Å²) in [5.74, 6) is -0.0366. The highest BCUT2D eigenvalue weighted by molar-refractivity contribution is 5.65. The molecule has 11 heavy (non-hydrogen) atoms. The molecule has 0 heterocycles. The third-order valence-electron chi connectivity index (χ3n) is 1.52. The van der Waals surface area contributed by atoms with Crippen LogP contribution in [0.15, 0.2) is 0 Å². The fourth-order valence-corrected chi connectivity index (χ4v) is 0.646. The van der Waals surface area contributed by atoms with Gasteiger partial charge in [-0.15, -0.1) is 0 Å². The first-order valence-corrected chi connectivity index (χ1v) is 3.50. The minimum absolute atomic E-state index is 0.180. The molecule has 4 heteroatoms. The number of carbonyl (C=O) groups excluding carboxylic acids is 1. The first kappa shape index (κ1) is 9.94. The van der Waals surface area contributed by atoms with Gasteiger partial charge in [0.2, 0.25) is 0 Å². The molecular formula is C7H13NO3. The van der Waals surface area contributed by atoms with Crippen LogP contribution in [0.5, 0.6) is 0 Å². The fraction of sp³-hybridized carbons (Fsp3) is 0.714. The zero-order chi connectivity index (χ0) is 8.85. The molecule has 1 amide bonds. The largest absolute Gasteiger partial charge is 0.465 e. The van der Waals surface area contributed by atoms with Crippen LogP contribution >= 0.6 is 0 Å². The van der Waals surface area contributed by atoms with E-state index in [2.05, 4.69) is 5.32 Å². The fourth-order valence-electron chi connectivity index (χ4n) is 0.646. The Balaban J connectivity index is 3.69. The second-order valence-corrected chi connectivity index (χ2v) is 2.73. The van der Waals surface area contributed by atoms with Crippen molar-refractivity contribution in [3.05, 3.63) is 0 Å². The van der Waals surface area contributed by atoms with E-state index in [-0.39, 0.29) is 18.4 Å². The molecule has 0 aliphatic heterocycles. The van der Waals surface area contributed by atoms with Crippen LogP contribution in [0.2, 0.25) is 0 Å². The van der Waals surface area contributed by atoms with Crippen molar-refractivity contribution < 1.29 is 14.7 Å². The minimum Gasteiger partial charge on any atom is -0.465 e. The number of carbonyl (C=O) groups is 2. The van der Waals surface area contributed by atoms with Crippen molar-refractivity contribution >= 4 is 12.4 Å². The standard InChI is InChI=1S/C7H13NO3/c1-5(2)6(4-9)3-8-7(10)11/h4-6,8H,3H2,1-2H3,(H,10,11)/t6-/m0/s1. The predicted octanol–water partition coefficient (Wildman–Crippen LogP) is 0.725. The minimum atomic E-state index is -1.09. The van der Waals surface area contributed by atoms with Gasteiger partial charge in [-0.2, -0.15) is 0 Å². The zero-order valence-electron chi connectivity index (χ0n) is 6.70. The van der Waals surface area contributed by atoms with E-state index in [0.29, 0.717) is 0 Å². The van der Waals surface area contributed by atoms with Crippen molar-refractivity contribution in [3.8, 4) is 0 Å². The second kappa shape index (κ2) is 4.71. The van der Waals surface area contributed by atoms with Crippen LogP contribution in [-0.4, -0.2) is 24.0 Å². The van der Waals surface area contributed by atoms with Gasteiger partial charge in [-0.25, -0.2) is 4.79 Å². The summed E-state index contributed by atoms with van der Waals surface area (Å²) >= 11 is 0. The van der Waals surface area contributed by atoms with Crippen LogP contribution in [0.25, 0.3) is 0 Å². The summed E-state index contributed by atoms with van der Waals surface area (Å²) in [5, 5.41) is 10.4. The average molecular weight is 159 g/mol. The van der Waals surface area contributed by atoms with E-state index in [1.807, 2.05) is 13.8 Å². The lowest BCUT2D eigenvalue weighted by Gasteiger charge is -2.12. The van der Waals surface area contributed by atoms with E-state index in [9.17, 15) is 9.59 Å². The molecule has 0 aromatic rings. The molecule has 0 bridgehead atoms. The van der Waals surface area contributed by atoms with Crippen LogP contribution < -0.4 is 5.32 Å². The Morgan fingerprint density at radius 1 is 1.64 bits per heavy atom. The maximum atomic E-state index is 10.3. The van der Waals surface area contributed by atoms with Crippen LogP contribution in [0, 0.1) is 11.8 Å². The smallest absolute Gasteiger partial charge is 0.404 e. The van der Waals surface area contributed by atoms with E-state index in [0.717, 1.165) is 6.29 Å². The van der Waals surface area contributed by atoms with E-state index in [4.69, 9.17) is 5.11 Å². The third-order valence-corrected chi connectivity index (χ3v) is 1.52. The van der Waals surface area contributed by atoms with Gasteiger partial charge >= 0.3 is 6.09 Å². The molecule has 4 nitrogen and oxygen atoms in total. The van der Waals surface area contributed by atoms with Gasteiger partial charge in [-0.1, -0.05) is 13.8 Å². The number of rotatable bonds is 4. The number of hydrogen-bond donors (Lipinski definition) is 2. The molecule has 0 aliphatic rings. The Morgan fingerprint density at radius 3 is 2.45 bits per heavy atom. The number of amides is 1. The summed E-state index contributed by atoms with van der Waals surface area (Å²) in [6, 6.07) is 0. The van der Waals surface area contributed by atoms with E-state index >= 15 is 0 Å². The normalized spacial score (nSPS) is 12.6. The first-order valence-electron chi connectivity index (χ1n) is 3.50. The van der Waals surface area contributed by atoms with Gasteiger partial charge in [-0.05, 0) is 5.92 Å². The Bertz CT molecular complexity index is 145. The van der Waals surface area contributed by atoms with Crippen LogP contribution in [0.3, 0.4) is 0 Å². The molecule has 0 spiro atoms. The molecule has 0 fully saturated rings. The van der Waals surface area contributed by atoms with Crippen molar-refractivity contribution in [1.29, 1.82) is 0 Å². The van der Waals surface area contributed by atoms with Crippen molar-refractivity contribution in [2.45, 2.75) is 13.8 Å². The van der Waals surface area contributed by atoms with Gasteiger partial charge in [0.15, 0.2) is 0 Å². The highest BCUT2D eigenvalue weighted by Crippen LogP contribution is 2.05. The van der Waals surface area contributed by atoms with Crippen LogP contribution in [-0.2, 0) is 4.79 Å². The van der Waals surface area contributed by atoms with E-state index in [1.54, 1.807) is 0 Å². The quantitative estimate of drug-likeness (QED) is 0.594. The van der Waals surface area contributed by atoms with E-state index < -0.39 is 6.09 Å². The Morgan fingerprint density at radius 2 is 2.18 bits per heavy atom. The van der Waals surface area contributed by atoms with Crippen molar-refractivity contribution in [3.63, 3.8) is 0 Å².